The molecule has 1 aliphatic carbocycles. The van der Waals surface area contributed by atoms with Crippen LogP contribution in [0.25, 0.3) is 0 Å². The Morgan fingerprint density at radius 3 is 2.50 bits per heavy atom. The molecule has 0 unspecified atom stereocenters. The second-order valence-electron chi connectivity index (χ2n) is 6.46. The lowest BCUT2D eigenvalue weighted by Gasteiger charge is -2.43. The summed E-state index contributed by atoms with van der Waals surface area (Å²) in [6, 6.07) is -0.342. The summed E-state index contributed by atoms with van der Waals surface area (Å²) in [7, 11) is 0. The molecule has 1 saturated carbocycles. The van der Waals surface area contributed by atoms with Crippen LogP contribution in [0, 0.1) is 11.3 Å². The molecule has 4 heteroatoms. The van der Waals surface area contributed by atoms with Gasteiger partial charge in [-0.1, -0.05) is 27.2 Å². The van der Waals surface area contributed by atoms with Gasteiger partial charge < -0.3 is 5.11 Å². The van der Waals surface area contributed by atoms with E-state index in [-0.39, 0.29) is 10.9 Å². The minimum Gasteiger partial charge on any atom is -0.480 e. The van der Waals surface area contributed by atoms with Crippen LogP contribution in [0.15, 0.2) is 0 Å². The van der Waals surface area contributed by atoms with Gasteiger partial charge in [0.15, 0.2) is 0 Å². The molecule has 1 atom stereocenters. The second kappa shape index (κ2) is 5.04. The molecule has 1 saturated heterocycles. The number of aliphatic carboxylic acids is 1. The van der Waals surface area contributed by atoms with E-state index in [0.717, 1.165) is 24.5 Å². The maximum absolute atomic E-state index is 11.0. The largest absolute Gasteiger partial charge is 0.480 e. The van der Waals surface area contributed by atoms with Crippen molar-refractivity contribution in [2.24, 2.45) is 11.3 Å². The molecule has 0 amide bonds. The lowest BCUT2D eigenvalue weighted by atomic mass is 9.68. The predicted octanol–water partition coefficient (Wildman–Crippen LogP) is 3.10. The van der Waals surface area contributed by atoms with Crippen molar-refractivity contribution < 1.29 is 9.90 Å². The van der Waals surface area contributed by atoms with Crippen molar-refractivity contribution in [2.75, 3.05) is 5.75 Å². The van der Waals surface area contributed by atoms with E-state index in [9.17, 15) is 4.79 Å². The van der Waals surface area contributed by atoms with Crippen LogP contribution in [-0.2, 0) is 4.79 Å². The number of thioether (sulfide) groups is 1. The van der Waals surface area contributed by atoms with Crippen molar-refractivity contribution in [3.05, 3.63) is 0 Å². The van der Waals surface area contributed by atoms with Gasteiger partial charge in [0, 0.05) is 5.75 Å². The minimum absolute atomic E-state index is 0.0589. The summed E-state index contributed by atoms with van der Waals surface area (Å²) in [5.74, 6) is 0.812. The second-order valence-corrected chi connectivity index (χ2v) is 7.86. The topological polar surface area (TPSA) is 49.3 Å². The van der Waals surface area contributed by atoms with E-state index in [0.29, 0.717) is 5.41 Å². The van der Waals surface area contributed by atoms with Gasteiger partial charge in [0.25, 0.3) is 0 Å². The van der Waals surface area contributed by atoms with Crippen molar-refractivity contribution in [1.29, 1.82) is 0 Å². The summed E-state index contributed by atoms with van der Waals surface area (Å²) in [5.41, 5.74) is 0.428. The van der Waals surface area contributed by atoms with Crippen LogP contribution in [0.3, 0.4) is 0 Å². The van der Waals surface area contributed by atoms with E-state index in [1.807, 2.05) is 11.8 Å². The van der Waals surface area contributed by atoms with Crippen molar-refractivity contribution in [2.45, 2.75) is 63.8 Å². The van der Waals surface area contributed by atoms with E-state index in [1.165, 1.54) is 19.3 Å². The van der Waals surface area contributed by atoms with Crippen molar-refractivity contribution in [1.82, 2.24) is 5.32 Å². The van der Waals surface area contributed by atoms with Gasteiger partial charge in [-0.2, -0.15) is 0 Å². The summed E-state index contributed by atoms with van der Waals surface area (Å²) in [6.07, 6.45) is 5.93. The molecule has 18 heavy (non-hydrogen) atoms. The number of hydrogen-bond donors (Lipinski definition) is 2. The average Bonchev–Trinajstić information content (AvgIpc) is 2.74. The van der Waals surface area contributed by atoms with Crippen LogP contribution >= 0.6 is 11.8 Å². The maximum Gasteiger partial charge on any atom is 0.321 e. The van der Waals surface area contributed by atoms with E-state index < -0.39 is 5.97 Å². The van der Waals surface area contributed by atoms with E-state index in [2.05, 4.69) is 26.1 Å². The first kappa shape index (κ1) is 14.2. The summed E-state index contributed by atoms with van der Waals surface area (Å²) < 4.78 is 0. The molecule has 2 rings (SSSR count). The fourth-order valence-electron chi connectivity index (χ4n) is 3.22. The molecule has 1 spiro atoms. The zero-order chi connectivity index (χ0) is 13.4. The molecule has 0 aromatic rings. The van der Waals surface area contributed by atoms with Crippen LogP contribution < -0.4 is 5.32 Å². The van der Waals surface area contributed by atoms with Crippen LogP contribution in [0.4, 0.5) is 0 Å². The van der Waals surface area contributed by atoms with Gasteiger partial charge in [-0.05, 0) is 37.0 Å². The Balaban J connectivity index is 1.93. The SMILES string of the molecule is CCC(C)(C)C1CCC2(CC1)N[C@@H](C(=O)O)CS2. The summed E-state index contributed by atoms with van der Waals surface area (Å²) in [4.78, 5) is 11.1. The molecule has 2 N–H and O–H groups in total. The highest BCUT2D eigenvalue weighted by Gasteiger charge is 2.45. The van der Waals surface area contributed by atoms with Crippen LogP contribution in [0.5, 0.6) is 0 Å². The number of rotatable bonds is 3. The van der Waals surface area contributed by atoms with Gasteiger partial charge in [-0.3, -0.25) is 10.1 Å². The Labute approximate surface area is 114 Å². The molecule has 1 heterocycles. The Kier molecular flexibility index (Phi) is 3.98. The van der Waals surface area contributed by atoms with Gasteiger partial charge >= 0.3 is 5.97 Å². The molecule has 0 aromatic heterocycles. The maximum atomic E-state index is 11.0. The minimum atomic E-state index is -0.699. The Morgan fingerprint density at radius 2 is 2.06 bits per heavy atom. The lowest BCUT2D eigenvalue weighted by Crippen LogP contribution is -2.48. The third-order valence-electron chi connectivity index (χ3n) is 5.07. The summed E-state index contributed by atoms with van der Waals surface area (Å²) in [6.45, 7) is 7.00. The highest BCUT2D eigenvalue weighted by atomic mass is 32.2. The summed E-state index contributed by atoms with van der Waals surface area (Å²) >= 11 is 1.83. The Bertz CT molecular complexity index is 322. The Morgan fingerprint density at radius 1 is 1.44 bits per heavy atom. The highest BCUT2D eigenvalue weighted by molar-refractivity contribution is 8.00. The van der Waals surface area contributed by atoms with E-state index in [4.69, 9.17) is 5.11 Å². The third-order valence-corrected chi connectivity index (χ3v) is 6.65. The number of nitrogens with one attached hydrogen (secondary N) is 1. The zero-order valence-corrected chi connectivity index (χ0v) is 12.5. The van der Waals surface area contributed by atoms with Gasteiger partial charge in [0.05, 0.1) is 4.87 Å². The normalized spacial score (nSPS) is 37.1. The molecule has 2 aliphatic rings. The molecule has 0 aromatic carbocycles. The standard InChI is InChI=1S/C14H25NO2S/c1-4-13(2,3)10-5-7-14(8-6-10)15-11(9-18-14)12(16)17/h10-11,15H,4-9H2,1-3H3,(H,16,17)/t10?,11-,14?/m1/s1. The number of carbonyl (C=O) groups is 1. The molecule has 2 fully saturated rings. The first-order valence-corrected chi connectivity index (χ1v) is 8.01. The van der Waals surface area contributed by atoms with E-state index >= 15 is 0 Å². The average molecular weight is 271 g/mol. The summed E-state index contributed by atoms with van der Waals surface area (Å²) in [5, 5.41) is 12.4. The van der Waals surface area contributed by atoms with Crippen molar-refractivity contribution >= 4 is 17.7 Å². The van der Waals surface area contributed by atoms with Crippen LogP contribution in [0.1, 0.15) is 52.9 Å². The van der Waals surface area contributed by atoms with Crippen LogP contribution in [0.2, 0.25) is 0 Å². The highest BCUT2D eigenvalue weighted by Crippen LogP contribution is 2.49. The number of carboxylic acid groups (broad SMARTS) is 1. The third kappa shape index (κ3) is 2.69. The first-order chi connectivity index (χ1) is 8.38. The molecule has 3 nitrogen and oxygen atoms in total. The number of carboxylic acids is 1. The van der Waals surface area contributed by atoms with Crippen LogP contribution in [-0.4, -0.2) is 27.7 Å². The fourth-order valence-corrected chi connectivity index (χ4v) is 4.68. The first-order valence-electron chi connectivity index (χ1n) is 7.03. The fraction of sp³-hybridized carbons (Fsp3) is 0.929. The van der Waals surface area contributed by atoms with Gasteiger partial charge in [-0.15, -0.1) is 11.8 Å². The Hall–Kier alpha value is -0.220. The number of hydrogen-bond acceptors (Lipinski definition) is 3. The van der Waals surface area contributed by atoms with Crippen molar-refractivity contribution in [3.63, 3.8) is 0 Å². The van der Waals surface area contributed by atoms with Gasteiger partial charge in [0.1, 0.15) is 6.04 Å². The predicted molar refractivity (Wildman–Crippen MR) is 75.8 cm³/mol. The molecule has 104 valence electrons. The molecular weight excluding hydrogens is 246 g/mol. The monoisotopic (exact) mass is 271 g/mol. The van der Waals surface area contributed by atoms with Gasteiger partial charge in [0.2, 0.25) is 0 Å². The quantitative estimate of drug-likeness (QED) is 0.828. The molecule has 0 bridgehead atoms. The van der Waals surface area contributed by atoms with E-state index in [1.54, 1.807) is 0 Å². The molecule has 0 radical (unpaired) electrons. The zero-order valence-electron chi connectivity index (χ0n) is 11.7. The van der Waals surface area contributed by atoms with Crippen molar-refractivity contribution in [3.8, 4) is 0 Å². The smallest absolute Gasteiger partial charge is 0.321 e. The molecule has 1 aliphatic heterocycles. The van der Waals surface area contributed by atoms with Gasteiger partial charge in [-0.25, -0.2) is 0 Å². The molecular formula is C14H25NO2S. The lowest BCUT2D eigenvalue weighted by molar-refractivity contribution is -0.139.